The maximum atomic E-state index is 12.1. The lowest BCUT2D eigenvalue weighted by Crippen LogP contribution is -2.44. The first kappa shape index (κ1) is 12.4. The van der Waals surface area contributed by atoms with Gasteiger partial charge in [0.2, 0.25) is 15.9 Å². The number of rotatable bonds is 3. The van der Waals surface area contributed by atoms with Crippen LogP contribution in [-0.2, 0) is 19.6 Å². The highest BCUT2D eigenvalue weighted by Gasteiger charge is 2.51. The molecule has 6 heteroatoms. The number of carbonyl (C=O) groups excluding carboxylic acids is 1. The summed E-state index contributed by atoms with van der Waals surface area (Å²) in [6.07, 6.45) is 4.35. The zero-order chi connectivity index (χ0) is 12.8. The third kappa shape index (κ3) is 2.28. The van der Waals surface area contributed by atoms with Crippen LogP contribution in [0.25, 0.3) is 0 Å². The molecular formula is C12H19NO4S. The summed E-state index contributed by atoms with van der Waals surface area (Å²) in [6.45, 7) is 0.825. The maximum Gasteiger partial charge on any atom is 0.240 e. The van der Waals surface area contributed by atoms with Gasteiger partial charge in [0.25, 0.3) is 0 Å². The Bertz CT molecular complexity index is 441. The number of fused-ring (bicyclic) bond motifs is 1. The Morgan fingerprint density at radius 3 is 2.61 bits per heavy atom. The smallest absolute Gasteiger partial charge is 0.240 e. The van der Waals surface area contributed by atoms with Crippen molar-refractivity contribution < 1.29 is 17.9 Å². The first-order valence-corrected chi connectivity index (χ1v) is 8.26. The Morgan fingerprint density at radius 2 is 2.06 bits per heavy atom. The van der Waals surface area contributed by atoms with Gasteiger partial charge < -0.3 is 4.74 Å². The fourth-order valence-electron chi connectivity index (χ4n) is 3.28. The van der Waals surface area contributed by atoms with Gasteiger partial charge in [0, 0.05) is 12.5 Å². The minimum absolute atomic E-state index is 0.0747. The minimum Gasteiger partial charge on any atom is -0.380 e. The van der Waals surface area contributed by atoms with Gasteiger partial charge in [-0.25, -0.2) is 8.42 Å². The van der Waals surface area contributed by atoms with E-state index in [0.29, 0.717) is 24.9 Å². The first-order valence-electron chi connectivity index (χ1n) is 6.71. The fraction of sp³-hybridized carbons (Fsp3) is 0.917. The Labute approximate surface area is 107 Å². The molecule has 1 N–H and O–H groups in total. The monoisotopic (exact) mass is 273 g/mol. The molecule has 2 saturated carbocycles. The average molecular weight is 273 g/mol. The summed E-state index contributed by atoms with van der Waals surface area (Å²) in [4.78, 5) is 12.0. The van der Waals surface area contributed by atoms with Crippen molar-refractivity contribution in [2.75, 3.05) is 13.2 Å². The molecule has 102 valence electrons. The molecule has 3 aliphatic rings. The van der Waals surface area contributed by atoms with Gasteiger partial charge >= 0.3 is 0 Å². The van der Waals surface area contributed by atoms with Crippen molar-refractivity contribution in [1.82, 2.24) is 4.72 Å². The molecule has 1 unspecified atom stereocenters. The second-order valence-corrected chi connectivity index (χ2v) is 7.65. The predicted molar refractivity (Wildman–Crippen MR) is 65.2 cm³/mol. The standard InChI is InChI=1S/C12H19NO4S/c14-12(10-4-3-8-6-11(8)10)13-18(15,16)9-2-1-5-17-7-9/h8-11H,1-7H2,(H,13,14)/t8-,9?,10-,11+/m1/s1. The third-order valence-corrected chi connectivity index (χ3v) is 6.21. The lowest BCUT2D eigenvalue weighted by atomic mass is 10.0. The van der Waals surface area contributed by atoms with Crippen molar-refractivity contribution in [2.45, 2.75) is 37.4 Å². The second kappa shape index (κ2) is 4.49. The summed E-state index contributed by atoms with van der Waals surface area (Å²) < 4.78 is 31.6. The van der Waals surface area contributed by atoms with E-state index >= 15 is 0 Å². The van der Waals surface area contributed by atoms with E-state index in [9.17, 15) is 13.2 Å². The van der Waals surface area contributed by atoms with Crippen molar-refractivity contribution in [1.29, 1.82) is 0 Å². The molecule has 4 atom stereocenters. The van der Waals surface area contributed by atoms with Crippen LogP contribution in [-0.4, -0.2) is 32.8 Å². The molecule has 0 bridgehead atoms. The molecule has 1 saturated heterocycles. The second-order valence-electron chi connectivity index (χ2n) is 5.69. The average Bonchev–Trinajstić information content (AvgIpc) is 3.00. The Morgan fingerprint density at radius 1 is 1.22 bits per heavy atom. The summed E-state index contributed by atoms with van der Waals surface area (Å²) in [5.74, 6) is 0.768. The number of hydrogen-bond acceptors (Lipinski definition) is 4. The first-order chi connectivity index (χ1) is 8.58. The van der Waals surface area contributed by atoms with Crippen LogP contribution in [0.15, 0.2) is 0 Å². The van der Waals surface area contributed by atoms with E-state index in [0.717, 1.165) is 25.7 Å². The summed E-state index contributed by atoms with van der Waals surface area (Å²) in [5.41, 5.74) is 0. The van der Waals surface area contributed by atoms with E-state index < -0.39 is 15.3 Å². The molecule has 2 aliphatic carbocycles. The molecule has 0 aromatic heterocycles. The lowest BCUT2D eigenvalue weighted by molar-refractivity contribution is -0.123. The van der Waals surface area contributed by atoms with Gasteiger partial charge in [-0.15, -0.1) is 0 Å². The summed E-state index contributed by atoms with van der Waals surface area (Å²) in [5, 5.41) is -0.563. The quantitative estimate of drug-likeness (QED) is 0.820. The van der Waals surface area contributed by atoms with Gasteiger partial charge in [0.05, 0.1) is 6.61 Å². The Hall–Kier alpha value is -0.620. The van der Waals surface area contributed by atoms with Gasteiger partial charge in [-0.3, -0.25) is 9.52 Å². The third-order valence-electron chi connectivity index (χ3n) is 4.48. The van der Waals surface area contributed by atoms with Crippen LogP contribution in [0.3, 0.4) is 0 Å². The molecular weight excluding hydrogens is 254 g/mol. The van der Waals surface area contributed by atoms with Crippen LogP contribution < -0.4 is 4.72 Å². The Balaban J connectivity index is 1.62. The zero-order valence-electron chi connectivity index (χ0n) is 10.3. The number of carbonyl (C=O) groups is 1. The molecule has 1 aliphatic heterocycles. The fourth-order valence-corrected chi connectivity index (χ4v) is 4.63. The maximum absolute atomic E-state index is 12.1. The van der Waals surface area contributed by atoms with Crippen LogP contribution in [0.1, 0.15) is 32.1 Å². The molecule has 0 radical (unpaired) electrons. The van der Waals surface area contributed by atoms with Crippen LogP contribution >= 0.6 is 0 Å². The van der Waals surface area contributed by atoms with Crippen LogP contribution in [0.4, 0.5) is 0 Å². The lowest BCUT2D eigenvalue weighted by Gasteiger charge is -2.23. The summed E-state index contributed by atoms with van der Waals surface area (Å²) in [7, 11) is -3.55. The highest BCUT2D eigenvalue weighted by molar-refractivity contribution is 7.90. The number of sulfonamides is 1. The normalized spacial score (nSPS) is 39.1. The van der Waals surface area contributed by atoms with E-state index in [1.54, 1.807) is 0 Å². The highest BCUT2D eigenvalue weighted by Crippen LogP contribution is 2.55. The van der Waals surface area contributed by atoms with Crippen molar-refractivity contribution in [3.63, 3.8) is 0 Å². The van der Waals surface area contributed by atoms with Crippen molar-refractivity contribution in [3.05, 3.63) is 0 Å². The largest absolute Gasteiger partial charge is 0.380 e. The number of ether oxygens (including phenoxy) is 1. The van der Waals surface area contributed by atoms with Gasteiger partial charge in [-0.05, 0) is 43.9 Å². The minimum atomic E-state index is -3.55. The van der Waals surface area contributed by atoms with E-state index in [1.807, 2.05) is 0 Å². The van der Waals surface area contributed by atoms with Crippen LogP contribution in [0.2, 0.25) is 0 Å². The molecule has 0 spiro atoms. The van der Waals surface area contributed by atoms with Gasteiger partial charge in [0.15, 0.2) is 0 Å². The summed E-state index contributed by atoms with van der Waals surface area (Å²) >= 11 is 0. The number of hydrogen-bond donors (Lipinski definition) is 1. The van der Waals surface area contributed by atoms with Crippen molar-refractivity contribution in [2.24, 2.45) is 17.8 Å². The molecule has 0 aromatic rings. The van der Waals surface area contributed by atoms with Gasteiger partial charge in [-0.1, -0.05) is 0 Å². The van der Waals surface area contributed by atoms with Crippen molar-refractivity contribution in [3.8, 4) is 0 Å². The SMILES string of the molecule is O=C(NS(=O)(=O)C1CCCOC1)[C@@H]1CC[C@@H]2C[C@@H]21. The van der Waals surface area contributed by atoms with Crippen LogP contribution in [0.5, 0.6) is 0 Å². The number of nitrogens with one attached hydrogen (secondary N) is 1. The molecule has 0 aromatic carbocycles. The molecule has 18 heavy (non-hydrogen) atoms. The molecule has 5 nitrogen and oxygen atoms in total. The molecule has 3 fully saturated rings. The molecule has 1 amide bonds. The topological polar surface area (TPSA) is 72.5 Å². The Kier molecular flexibility index (Phi) is 3.10. The summed E-state index contributed by atoms with van der Waals surface area (Å²) in [6, 6.07) is 0. The van der Waals surface area contributed by atoms with Crippen LogP contribution in [0, 0.1) is 17.8 Å². The highest BCUT2D eigenvalue weighted by atomic mass is 32.2. The van der Waals surface area contributed by atoms with Gasteiger partial charge in [-0.2, -0.15) is 0 Å². The molecule has 3 rings (SSSR count). The zero-order valence-corrected chi connectivity index (χ0v) is 11.1. The van der Waals surface area contributed by atoms with E-state index in [-0.39, 0.29) is 18.4 Å². The predicted octanol–water partition coefficient (Wildman–Crippen LogP) is 0.657. The van der Waals surface area contributed by atoms with E-state index in [1.165, 1.54) is 0 Å². The number of amides is 1. The molecule has 1 heterocycles. The van der Waals surface area contributed by atoms with E-state index in [4.69, 9.17) is 4.74 Å². The van der Waals surface area contributed by atoms with Crippen molar-refractivity contribution >= 4 is 15.9 Å². The van der Waals surface area contributed by atoms with Gasteiger partial charge in [0.1, 0.15) is 5.25 Å². The van der Waals surface area contributed by atoms with E-state index in [2.05, 4.69) is 4.72 Å².